The van der Waals surface area contributed by atoms with Crippen LogP contribution in [0.3, 0.4) is 0 Å². The highest BCUT2D eigenvalue weighted by Crippen LogP contribution is 2.41. The molecule has 3 aromatic rings. The van der Waals surface area contributed by atoms with Gasteiger partial charge in [-0.1, -0.05) is 67.9 Å². The van der Waals surface area contributed by atoms with E-state index in [4.69, 9.17) is 0 Å². The molecule has 2 aromatic carbocycles. The Morgan fingerprint density at radius 2 is 1.59 bits per heavy atom. The number of hydrogen-bond donors (Lipinski definition) is 1. The quantitative estimate of drug-likeness (QED) is 0.343. The summed E-state index contributed by atoms with van der Waals surface area (Å²) in [5, 5.41) is 19.6. The van der Waals surface area contributed by atoms with Gasteiger partial charge in [-0.25, -0.2) is 0 Å². The molecule has 7 nitrogen and oxygen atoms in total. The maximum absolute atomic E-state index is 13.2. The van der Waals surface area contributed by atoms with E-state index >= 15 is 0 Å². The van der Waals surface area contributed by atoms with Crippen molar-refractivity contribution in [2.75, 3.05) is 23.9 Å². The van der Waals surface area contributed by atoms with Gasteiger partial charge < -0.3 is 10.0 Å². The number of aromatic nitrogens is 2. The van der Waals surface area contributed by atoms with E-state index in [1.54, 1.807) is 29.2 Å². The van der Waals surface area contributed by atoms with E-state index < -0.39 is 17.7 Å². The predicted molar refractivity (Wildman–Crippen MR) is 133 cm³/mol. The molecule has 0 radical (unpaired) electrons. The molecule has 1 N–H and O–H groups in total. The molecule has 0 aliphatic carbocycles. The molecule has 1 saturated heterocycles. The van der Waals surface area contributed by atoms with E-state index in [1.165, 1.54) is 4.90 Å². The first-order valence-electron chi connectivity index (χ1n) is 11.2. The minimum atomic E-state index is -0.831. The van der Waals surface area contributed by atoms with Gasteiger partial charge in [0.05, 0.1) is 11.6 Å². The fourth-order valence-corrected chi connectivity index (χ4v) is 4.00. The lowest BCUT2D eigenvalue weighted by atomic mass is 9.93. The molecule has 1 aliphatic rings. The Labute approximate surface area is 199 Å². The molecule has 0 saturated carbocycles. The number of carbonyl (C=O) groups excluding carboxylic acids is 2. The van der Waals surface area contributed by atoms with Crippen LogP contribution in [0.2, 0.25) is 0 Å². The Morgan fingerprint density at radius 3 is 2.12 bits per heavy atom. The number of aliphatic hydroxyl groups excluding tert-OH is 1. The fraction of sp³-hybridized carbons (Fsp3) is 0.259. The minimum absolute atomic E-state index is 0.0321. The molecule has 1 aromatic heterocycles. The van der Waals surface area contributed by atoms with Crippen LogP contribution in [0.25, 0.3) is 5.76 Å². The third-order valence-corrected chi connectivity index (χ3v) is 6.03. The van der Waals surface area contributed by atoms with Gasteiger partial charge in [0.25, 0.3) is 5.78 Å². The number of aryl methyl sites for hydroxylation is 1. The predicted octanol–water partition coefficient (Wildman–Crippen LogP) is 4.60. The van der Waals surface area contributed by atoms with Crippen LogP contribution < -0.4 is 9.80 Å². The zero-order chi connectivity index (χ0) is 24.6. The molecule has 1 amide bonds. The van der Waals surface area contributed by atoms with E-state index in [2.05, 4.69) is 24.0 Å². The first-order chi connectivity index (χ1) is 16.2. The number of nitrogens with zero attached hydrogens (tertiary/aromatic N) is 4. The van der Waals surface area contributed by atoms with Gasteiger partial charge >= 0.3 is 5.91 Å². The lowest BCUT2D eigenvalue weighted by Gasteiger charge is -2.25. The van der Waals surface area contributed by atoms with Crippen LogP contribution in [-0.4, -0.2) is 41.1 Å². The molecular weight excluding hydrogens is 428 g/mol. The van der Waals surface area contributed by atoms with Crippen molar-refractivity contribution in [3.05, 3.63) is 88.5 Å². The van der Waals surface area contributed by atoms with E-state index in [1.807, 2.05) is 57.4 Å². The van der Waals surface area contributed by atoms with Gasteiger partial charge in [-0.3, -0.25) is 14.5 Å². The summed E-state index contributed by atoms with van der Waals surface area (Å²) in [7, 11) is 3.68. The number of hydrogen-bond acceptors (Lipinski definition) is 6. The van der Waals surface area contributed by atoms with Crippen LogP contribution in [0.15, 0.2) is 66.2 Å². The SMILES string of the molecule is Cc1ccc(C(O)=C2C(=O)C(=O)N(c3ccc(N(C)C)nn3)C2c2ccc(C(C)C)cc2)cc1. The van der Waals surface area contributed by atoms with Crippen LogP contribution in [-0.2, 0) is 9.59 Å². The van der Waals surface area contributed by atoms with Gasteiger partial charge in [0.1, 0.15) is 5.76 Å². The van der Waals surface area contributed by atoms with Crippen LogP contribution in [0.4, 0.5) is 11.6 Å². The van der Waals surface area contributed by atoms with Crippen molar-refractivity contribution in [1.29, 1.82) is 0 Å². The highest BCUT2D eigenvalue weighted by atomic mass is 16.3. The summed E-state index contributed by atoms with van der Waals surface area (Å²) in [5.74, 6) is -0.520. The Morgan fingerprint density at radius 1 is 0.941 bits per heavy atom. The normalized spacial score (nSPS) is 17.5. The second-order valence-electron chi connectivity index (χ2n) is 9.00. The van der Waals surface area contributed by atoms with Crippen molar-refractivity contribution >= 4 is 29.1 Å². The smallest absolute Gasteiger partial charge is 0.301 e. The standard InChI is InChI=1S/C27H28N4O3/c1-16(2)18-10-12-19(13-11-18)24-23(25(32)20-8-6-17(3)7-9-20)26(33)27(34)31(24)22-15-14-21(28-29-22)30(4)5/h6-16,24,32H,1-5H3. The van der Waals surface area contributed by atoms with Gasteiger partial charge in [0, 0.05) is 19.7 Å². The van der Waals surface area contributed by atoms with Crippen LogP contribution >= 0.6 is 0 Å². The molecule has 1 fully saturated rings. The number of Topliss-reactive ketones (excluding diaryl/α,β-unsaturated/α-hetero) is 1. The first kappa shape index (κ1) is 23.2. The zero-order valence-electron chi connectivity index (χ0n) is 20.0. The monoisotopic (exact) mass is 456 g/mol. The number of amides is 1. The maximum atomic E-state index is 13.2. The van der Waals surface area contributed by atoms with Crippen LogP contribution in [0.5, 0.6) is 0 Å². The van der Waals surface area contributed by atoms with Crippen LogP contribution in [0, 0.1) is 6.92 Å². The molecule has 34 heavy (non-hydrogen) atoms. The van der Waals surface area contributed by atoms with Crippen molar-refractivity contribution in [2.24, 2.45) is 0 Å². The second-order valence-corrected chi connectivity index (χ2v) is 9.00. The Kier molecular flexibility index (Phi) is 6.20. The second kappa shape index (κ2) is 9.09. The topological polar surface area (TPSA) is 86.6 Å². The zero-order valence-corrected chi connectivity index (χ0v) is 20.0. The third-order valence-electron chi connectivity index (χ3n) is 6.03. The summed E-state index contributed by atoms with van der Waals surface area (Å²) >= 11 is 0. The van der Waals surface area contributed by atoms with E-state index in [0.717, 1.165) is 11.1 Å². The maximum Gasteiger partial charge on any atom is 0.301 e. The van der Waals surface area contributed by atoms with Crippen molar-refractivity contribution in [3.63, 3.8) is 0 Å². The average molecular weight is 457 g/mol. The van der Waals surface area contributed by atoms with Crippen molar-refractivity contribution < 1.29 is 14.7 Å². The summed E-state index contributed by atoms with van der Waals surface area (Å²) in [5.41, 5.74) is 3.37. The van der Waals surface area contributed by atoms with Gasteiger partial charge in [0.15, 0.2) is 11.6 Å². The lowest BCUT2D eigenvalue weighted by molar-refractivity contribution is -0.132. The van der Waals surface area contributed by atoms with E-state index in [9.17, 15) is 14.7 Å². The molecular formula is C27H28N4O3. The van der Waals surface area contributed by atoms with Crippen LogP contribution in [0.1, 0.15) is 48.1 Å². The molecule has 7 heteroatoms. The minimum Gasteiger partial charge on any atom is -0.507 e. The molecule has 0 spiro atoms. The Balaban J connectivity index is 1.89. The van der Waals surface area contributed by atoms with E-state index in [0.29, 0.717) is 22.9 Å². The van der Waals surface area contributed by atoms with Crippen molar-refractivity contribution in [1.82, 2.24) is 10.2 Å². The highest BCUT2D eigenvalue weighted by Gasteiger charge is 2.47. The van der Waals surface area contributed by atoms with Gasteiger partial charge in [0.2, 0.25) is 0 Å². The molecule has 174 valence electrons. The van der Waals surface area contributed by atoms with Crippen molar-refractivity contribution in [3.8, 4) is 0 Å². The number of anilines is 2. The van der Waals surface area contributed by atoms with Gasteiger partial charge in [-0.05, 0) is 36.1 Å². The molecule has 4 rings (SSSR count). The highest BCUT2D eigenvalue weighted by molar-refractivity contribution is 6.51. The molecule has 2 heterocycles. The molecule has 1 unspecified atom stereocenters. The summed E-state index contributed by atoms with van der Waals surface area (Å²) < 4.78 is 0. The Hall–Kier alpha value is -4.00. The Bertz CT molecular complexity index is 1240. The number of benzene rings is 2. The lowest BCUT2D eigenvalue weighted by Crippen LogP contribution is -2.30. The number of carbonyl (C=O) groups is 2. The molecule has 1 atom stereocenters. The van der Waals surface area contributed by atoms with Gasteiger partial charge in [-0.15, -0.1) is 10.2 Å². The summed E-state index contributed by atoms with van der Waals surface area (Å²) in [6.07, 6.45) is 0. The summed E-state index contributed by atoms with van der Waals surface area (Å²) in [6.45, 7) is 6.13. The molecule has 0 bridgehead atoms. The summed E-state index contributed by atoms with van der Waals surface area (Å²) in [4.78, 5) is 29.6. The largest absolute Gasteiger partial charge is 0.507 e. The number of aliphatic hydroxyl groups is 1. The third kappa shape index (κ3) is 4.17. The van der Waals surface area contributed by atoms with Gasteiger partial charge in [-0.2, -0.15) is 0 Å². The van der Waals surface area contributed by atoms with E-state index in [-0.39, 0.29) is 17.2 Å². The summed E-state index contributed by atoms with van der Waals surface area (Å²) in [6, 6.07) is 17.5. The molecule has 1 aliphatic heterocycles. The number of rotatable bonds is 5. The first-order valence-corrected chi connectivity index (χ1v) is 11.2. The average Bonchev–Trinajstić information content (AvgIpc) is 3.09. The number of ketones is 1. The van der Waals surface area contributed by atoms with Crippen molar-refractivity contribution in [2.45, 2.75) is 32.7 Å². The fourth-order valence-electron chi connectivity index (χ4n) is 4.00.